The van der Waals surface area contributed by atoms with Gasteiger partial charge in [0.05, 0.1) is 0 Å². The van der Waals surface area contributed by atoms with Gasteiger partial charge < -0.3 is 0 Å². The van der Waals surface area contributed by atoms with Crippen LogP contribution in [0.5, 0.6) is 0 Å². The highest BCUT2D eigenvalue weighted by molar-refractivity contribution is 4.61. The molecular weight excluding hydrogens is 86.1 g/mol. The lowest BCUT2D eigenvalue weighted by atomic mass is 10.1. The van der Waals surface area contributed by atoms with E-state index in [-0.39, 0.29) is 0 Å². The fraction of sp³-hybridized carbons (Fsp3) is 0.833. The van der Waals surface area contributed by atoms with Gasteiger partial charge in [-0.2, -0.15) is 0 Å². The fourth-order valence-electron chi connectivity index (χ4n) is 0.918. The first-order valence-electron chi connectivity index (χ1n) is 2.89. The average Bonchev–Trinajstić information content (AvgIpc) is 1.69. The third kappa shape index (κ3) is 1.48. The summed E-state index contributed by atoms with van der Waals surface area (Å²) >= 11 is 0. The van der Waals surface area contributed by atoms with Crippen molar-refractivity contribution in [3.63, 3.8) is 0 Å². The number of hydrogen-bond acceptors (Lipinski definition) is 1. The highest BCUT2D eigenvalue weighted by atomic mass is 15.1. The first-order chi connectivity index (χ1) is 3.39. The number of nitrogens with zero attached hydrogens (tertiary/aromatic N) is 1. The van der Waals surface area contributed by atoms with E-state index >= 15 is 0 Å². The molecule has 0 N–H and O–H groups in total. The van der Waals surface area contributed by atoms with E-state index in [2.05, 4.69) is 0 Å². The average molecular weight is 97.2 g/mol. The van der Waals surface area contributed by atoms with Crippen LogP contribution in [0.2, 0.25) is 0 Å². The molecule has 1 heterocycles. The van der Waals surface area contributed by atoms with Gasteiger partial charge in [-0.3, -0.25) is 4.90 Å². The van der Waals surface area contributed by atoms with Gasteiger partial charge in [0.2, 0.25) is 0 Å². The van der Waals surface area contributed by atoms with Gasteiger partial charge in [0.1, 0.15) is 0 Å². The summed E-state index contributed by atoms with van der Waals surface area (Å²) in [7, 11) is 5.47. The maximum Gasteiger partial charge on any atom is 0.0438 e. The smallest absolute Gasteiger partial charge is 0.0438 e. The minimum absolute atomic E-state index is 1.10. The Labute approximate surface area is 45.3 Å². The molecule has 1 fully saturated rings. The number of piperidine rings is 1. The third-order valence-electron chi connectivity index (χ3n) is 1.39. The van der Waals surface area contributed by atoms with Gasteiger partial charge >= 0.3 is 0 Å². The first kappa shape index (κ1) is 5.10. The predicted molar refractivity (Wildman–Crippen MR) is 29.7 cm³/mol. The van der Waals surface area contributed by atoms with Gasteiger partial charge in [0.25, 0.3) is 0 Å². The topological polar surface area (TPSA) is 3.24 Å². The van der Waals surface area contributed by atoms with Crippen LogP contribution in [-0.2, 0) is 0 Å². The van der Waals surface area contributed by atoms with Crippen LogP contribution < -0.4 is 0 Å². The van der Waals surface area contributed by atoms with Crippen LogP contribution >= 0.6 is 0 Å². The molecule has 2 radical (unpaired) electrons. The van der Waals surface area contributed by atoms with Gasteiger partial charge in [0, 0.05) is 7.05 Å². The second-order valence-corrected chi connectivity index (χ2v) is 2.10. The van der Waals surface area contributed by atoms with Gasteiger partial charge in [-0.25, -0.2) is 0 Å². The Hall–Kier alpha value is -0.0400. The highest BCUT2D eigenvalue weighted by Gasteiger charge is 2.02. The van der Waals surface area contributed by atoms with Crippen molar-refractivity contribution < 1.29 is 0 Å². The van der Waals surface area contributed by atoms with E-state index in [1.165, 1.54) is 19.3 Å². The van der Waals surface area contributed by atoms with Crippen LogP contribution in [0.15, 0.2) is 0 Å². The van der Waals surface area contributed by atoms with E-state index in [4.69, 9.17) is 7.05 Å². The van der Waals surface area contributed by atoms with Crippen molar-refractivity contribution in [2.75, 3.05) is 13.1 Å². The summed E-state index contributed by atoms with van der Waals surface area (Å²) in [5.41, 5.74) is 0. The largest absolute Gasteiger partial charge is 0.297 e. The Morgan fingerprint density at radius 2 is 1.57 bits per heavy atom. The van der Waals surface area contributed by atoms with Gasteiger partial charge in [-0.1, -0.05) is 6.42 Å². The summed E-state index contributed by atoms with van der Waals surface area (Å²) in [5, 5.41) is 0. The lowest BCUT2D eigenvalue weighted by molar-refractivity contribution is 0.305. The molecule has 1 aliphatic rings. The van der Waals surface area contributed by atoms with E-state index in [0.29, 0.717) is 0 Å². The van der Waals surface area contributed by atoms with Crippen molar-refractivity contribution in [3.8, 4) is 0 Å². The molecule has 1 heteroatoms. The molecule has 1 rings (SSSR count). The van der Waals surface area contributed by atoms with E-state index in [1.807, 2.05) is 4.90 Å². The molecule has 0 aromatic carbocycles. The molecule has 0 atom stereocenters. The zero-order chi connectivity index (χ0) is 5.11. The van der Waals surface area contributed by atoms with E-state index in [9.17, 15) is 0 Å². The van der Waals surface area contributed by atoms with Crippen molar-refractivity contribution in [1.29, 1.82) is 0 Å². The van der Waals surface area contributed by atoms with Crippen LogP contribution in [0.1, 0.15) is 19.3 Å². The maximum atomic E-state index is 5.47. The Morgan fingerprint density at radius 1 is 1.00 bits per heavy atom. The number of hydrogen-bond donors (Lipinski definition) is 0. The first-order valence-corrected chi connectivity index (χ1v) is 2.89. The normalized spacial score (nSPS) is 25.3. The molecule has 0 aromatic heterocycles. The van der Waals surface area contributed by atoms with E-state index < -0.39 is 0 Å². The highest BCUT2D eigenvalue weighted by Crippen LogP contribution is 2.05. The van der Waals surface area contributed by atoms with Crippen molar-refractivity contribution in [1.82, 2.24) is 4.90 Å². The minimum Gasteiger partial charge on any atom is -0.297 e. The fourth-order valence-corrected chi connectivity index (χ4v) is 0.918. The summed E-state index contributed by atoms with van der Waals surface area (Å²) in [4.78, 5) is 1.89. The second kappa shape index (κ2) is 2.31. The number of likely N-dealkylation sites (tertiary alicyclic amines) is 1. The SMILES string of the molecule is [CH]N1CCCCC1. The molecule has 40 valence electrons. The summed E-state index contributed by atoms with van der Waals surface area (Å²) in [6, 6.07) is 0. The molecular formula is C6H11N. The quantitative estimate of drug-likeness (QED) is 0.438. The molecule has 0 aliphatic carbocycles. The summed E-state index contributed by atoms with van der Waals surface area (Å²) in [6.45, 7) is 2.19. The monoisotopic (exact) mass is 97.1 g/mol. The van der Waals surface area contributed by atoms with E-state index in [0.717, 1.165) is 13.1 Å². The standard InChI is InChI=1S/C6H11N/c1-7-5-3-2-4-6-7/h1H,2-6H2. The van der Waals surface area contributed by atoms with Gasteiger partial charge in [0.15, 0.2) is 0 Å². The molecule has 0 saturated carbocycles. The Bertz CT molecular complexity index is 46.1. The predicted octanol–water partition coefficient (Wildman–Crippen LogP) is 1.14. The molecule has 7 heavy (non-hydrogen) atoms. The Kier molecular flexibility index (Phi) is 1.69. The Balaban J connectivity index is 2.12. The zero-order valence-corrected chi connectivity index (χ0v) is 4.56. The van der Waals surface area contributed by atoms with Crippen molar-refractivity contribution in [2.45, 2.75) is 19.3 Å². The second-order valence-electron chi connectivity index (χ2n) is 2.10. The van der Waals surface area contributed by atoms with Crippen LogP contribution in [-0.4, -0.2) is 18.0 Å². The van der Waals surface area contributed by atoms with Crippen molar-refractivity contribution >= 4 is 0 Å². The van der Waals surface area contributed by atoms with Gasteiger partial charge in [-0.05, 0) is 25.9 Å². The summed E-state index contributed by atoms with van der Waals surface area (Å²) in [5.74, 6) is 0. The third-order valence-corrected chi connectivity index (χ3v) is 1.39. The van der Waals surface area contributed by atoms with Crippen LogP contribution in [0.25, 0.3) is 0 Å². The van der Waals surface area contributed by atoms with Gasteiger partial charge in [-0.15, -0.1) is 0 Å². The van der Waals surface area contributed by atoms with Crippen LogP contribution in [0.3, 0.4) is 0 Å². The molecule has 0 unspecified atom stereocenters. The van der Waals surface area contributed by atoms with Crippen molar-refractivity contribution in [2.24, 2.45) is 0 Å². The zero-order valence-electron chi connectivity index (χ0n) is 4.56. The maximum absolute atomic E-state index is 5.47. The molecule has 0 spiro atoms. The molecule has 0 amide bonds. The van der Waals surface area contributed by atoms with Crippen LogP contribution in [0, 0.1) is 7.05 Å². The molecule has 1 nitrogen and oxygen atoms in total. The molecule has 1 aliphatic heterocycles. The Morgan fingerprint density at radius 3 is 1.86 bits per heavy atom. The summed E-state index contributed by atoms with van der Waals surface area (Å²) in [6.07, 6.45) is 3.95. The van der Waals surface area contributed by atoms with Crippen LogP contribution in [0.4, 0.5) is 0 Å². The minimum atomic E-state index is 1.10. The van der Waals surface area contributed by atoms with E-state index in [1.54, 1.807) is 0 Å². The lowest BCUT2D eigenvalue weighted by Crippen LogP contribution is -2.22. The lowest BCUT2D eigenvalue weighted by Gasteiger charge is -2.19. The van der Waals surface area contributed by atoms with Crippen molar-refractivity contribution in [3.05, 3.63) is 7.05 Å². The number of rotatable bonds is 0. The summed E-state index contributed by atoms with van der Waals surface area (Å²) < 4.78 is 0. The molecule has 0 aromatic rings. The molecule has 1 saturated heterocycles. The molecule has 0 bridgehead atoms.